The van der Waals surface area contributed by atoms with Gasteiger partial charge in [0.05, 0.1) is 6.10 Å². The summed E-state index contributed by atoms with van der Waals surface area (Å²) in [7, 11) is 0. The van der Waals surface area contributed by atoms with Crippen molar-refractivity contribution >= 4 is 5.91 Å². The van der Waals surface area contributed by atoms with E-state index in [0.717, 1.165) is 5.82 Å². The third kappa shape index (κ3) is 2.45. The van der Waals surface area contributed by atoms with Gasteiger partial charge in [-0.1, -0.05) is 13.8 Å². The van der Waals surface area contributed by atoms with Gasteiger partial charge >= 0.3 is 0 Å². The molecule has 0 radical (unpaired) electrons. The highest BCUT2D eigenvalue weighted by molar-refractivity contribution is 5.88. The largest absolute Gasteiger partial charge is 0.378 e. The summed E-state index contributed by atoms with van der Waals surface area (Å²) < 4.78 is 5.63. The van der Waals surface area contributed by atoms with Crippen molar-refractivity contribution in [3.8, 4) is 0 Å². The summed E-state index contributed by atoms with van der Waals surface area (Å²) in [6.07, 6.45) is 4.75. The van der Waals surface area contributed by atoms with Crippen molar-refractivity contribution in [2.75, 3.05) is 13.2 Å². The number of ether oxygens (including phenoxy) is 1. The van der Waals surface area contributed by atoms with Crippen molar-refractivity contribution in [1.82, 2.24) is 15.3 Å². The molecule has 1 fully saturated rings. The van der Waals surface area contributed by atoms with E-state index in [-0.39, 0.29) is 17.4 Å². The molecule has 1 aromatic heterocycles. The Morgan fingerprint density at radius 1 is 1.65 bits per heavy atom. The first-order chi connectivity index (χ1) is 9.41. The molecule has 112 valence electrons. The number of nitrogens with zero attached hydrogens (tertiary/aromatic N) is 1. The predicted octanol–water partition coefficient (Wildman–Crippen LogP) is 0.601. The van der Waals surface area contributed by atoms with Gasteiger partial charge in [0.25, 0.3) is 0 Å². The van der Waals surface area contributed by atoms with Gasteiger partial charge in [-0.05, 0) is 6.92 Å². The lowest BCUT2D eigenvalue weighted by Gasteiger charge is -2.57. The average Bonchev–Trinajstić information content (AvgIpc) is 2.91. The van der Waals surface area contributed by atoms with Crippen molar-refractivity contribution in [3.05, 3.63) is 18.2 Å². The Bertz CT molecular complexity index is 458. The number of nitrogens with one attached hydrogen (secondary N) is 2. The molecule has 4 N–H and O–H groups in total. The first-order valence-corrected chi connectivity index (χ1v) is 7.09. The summed E-state index contributed by atoms with van der Waals surface area (Å²) >= 11 is 0. The van der Waals surface area contributed by atoms with Crippen molar-refractivity contribution in [2.24, 2.45) is 11.1 Å². The molecule has 6 heteroatoms. The number of H-pyrrole nitrogens is 1. The molecule has 1 aliphatic rings. The van der Waals surface area contributed by atoms with E-state index in [1.807, 2.05) is 20.8 Å². The third-order valence-corrected chi connectivity index (χ3v) is 4.44. The molecule has 0 aliphatic heterocycles. The molecule has 2 rings (SSSR count). The van der Waals surface area contributed by atoms with E-state index < -0.39 is 5.54 Å². The van der Waals surface area contributed by atoms with E-state index >= 15 is 0 Å². The maximum absolute atomic E-state index is 12.3. The zero-order valence-electron chi connectivity index (χ0n) is 12.4. The van der Waals surface area contributed by atoms with Gasteiger partial charge in [-0.2, -0.15) is 0 Å². The molecule has 0 spiro atoms. The summed E-state index contributed by atoms with van der Waals surface area (Å²) in [6, 6.07) is 0. The summed E-state index contributed by atoms with van der Waals surface area (Å²) in [5.74, 6) is 0.751. The Hall–Kier alpha value is -1.40. The van der Waals surface area contributed by atoms with Crippen LogP contribution < -0.4 is 11.1 Å². The number of hydrogen-bond acceptors (Lipinski definition) is 4. The number of rotatable bonds is 6. The normalized spacial score (nSPS) is 27.9. The van der Waals surface area contributed by atoms with Crippen molar-refractivity contribution in [3.63, 3.8) is 0 Å². The highest BCUT2D eigenvalue weighted by atomic mass is 16.5. The monoisotopic (exact) mass is 280 g/mol. The third-order valence-electron chi connectivity index (χ3n) is 4.44. The van der Waals surface area contributed by atoms with Crippen LogP contribution in [0.2, 0.25) is 0 Å². The average molecular weight is 280 g/mol. The van der Waals surface area contributed by atoms with Crippen LogP contribution in [0.1, 0.15) is 33.0 Å². The summed E-state index contributed by atoms with van der Waals surface area (Å²) in [4.78, 5) is 19.4. The molecule has 6 nitrogen and oxygen atoms in total. The number of imidazole rings is 1. The smallest absolute Gasteiger partial charge is 0.240 e. The Kier molecular flexibility index (Phi) is 4.15. The van der Waals surface area contributed by atoms with Crippen LogP contribution in [0.15, 0.2) is 12.4 Å². The second-order valence-electron chi connectivity index (χ2n) is 5.88. The lowest BCUT2D eigenvalue weighted by Crippen LogP contribution is -2.75. The van der Waals surface area contributed by atoms with Crippen molar-refractivity contribution < 1.29 is 9.53 Å². The minimum Gasteiger partial charge on any atom is -0.378 e. The fourth-order valence-corrected chi connectivity index (χ4v) is 2.71. The fraction of sp³-hybridized carbons (Fsp3) is 0.714. The molecule has 20 heavy (non-hydrogen) atoms. The molecule has 0 saturated heterocycles. The van der Waals surface area contributed by atoms with Crippen LogP contribution >= 0.6 is 0 Å². The fourth-order valence-electron chi connectivity index (χ4n) is 2.71. The topological polar surface area (TPSA) is 93.0 Å². The Balaban J connectivity index is 1.86. The highest BCUT2D eigenvalue weighted by Gasteiger charge is 2.62. The maximum atomic E-state index is 12.3. The SMILES string of the molecule is CCOC1CC(N)(C(=O)NCCc2ncc[nH]2)C1(C)C. The quantitative estimate of drug-likeness (QED) is 0.711. The van der Waals surface area contributed by atoms with Gasteiger partial charge in [0.2, 0.25) is 5.91 Å². The van der Waals surface area contributed by atoms with Crippen molar-refractivity contribution in [2.45, 2.75) is 45.3 Å². The molecule has 1 saturated carbocycles. The molecule has 1 amide bonds. The molecule has 1 aromatic rings. The molecule has 1 heterocycles. The van der Waals surface area contributed by atoms with E-state index in [4.69, 9.17) is 10.5 Å². The first kappa shape index (κ1) is 15.0. The number of carbonyl (C=O) groups excluding carboxylic acids is 1. The molecular formula is C14H24N4O2. The van der Waals surface area contributed by atoms with Crippen LogP contribution in [0.3, 0.4) is 0 Å². The van der Waals surface area contributed by atoms with Gasteiger partial charge in [-0.3, -0.25) is 4.79 Å². The van der Waals surface area contributed by atoms with E-state index in [9.17, 15) is 4.79 Å². The summed E-state index contributed by atoms with van der Waals surface area (Å²) in [5.41, 5.74) is 5.09. The van der Waals surface area contributed by atoms with Gasteiger partial charge < -0.3 is 20.8 Å². The van der Waals surface area contributed by atoms with E-state index in [0.29, 0.717) is 26.0 Å². The number of aromatic amines is 1. The van der Waals surface area contributed by atoms with Crippen LogP contribution in [0.5, 0.6) is 0 Å². The number of hydrogen-bond donors (Lipinski definition) is 3. The molecule has 2 atom stereocenters. The number of aromatic nitrogens is 2. The Morgan fingerprint density at radius 2 is 2.40 bits per heavy atom. The minimum atomic E-state index is -0.851. The lowest BCUT2D eigenvalue weighted by molar-refractivity contribution is -0.170. The van der Waals surface area contributed by atoms with Crippen LogP contribution in [-0.2, 0) is 16.0 Å². The molecule has 0 bridgehead atoms. The van der Waals surface area contributed by atoms with Crippen LogP contribution in [0, 0.1) is 5.41 Å². The van der Waals surface area contributed by atoms with Crippen LogP contribution in [0.4, 0.5) is 0 Å². The van der Waals surface area contributed by atoms with E-state index in [1.54, 1.807) is 12.4 Å². The number of carbonyl (C=O) groups is 1. The van der Waals surface area contributed by atoms with Gasteiger partial charge in [0.15, 0.2) is 0 Å². The molecule has 1 aliphatic carbocycles. The van der Waals surface area contributed by atoms with E-state index in [2.05, 4.69) is 15.3 Å². The van der Waals surface area contributed by atoms with Crippen molar-refractivity contribution in [1.29, 1.82) is 0 Å². The van der Waals surface area contributed by atoms with Gasteiger partial charge in [-0.25, -0.2) is 4.98 Å². The Morgan fingerprint density at radius 3 is 2.95 bits per heavy atom. The maximum Gasteiger partial charge on any atom is 0.240 e. The highest BCUT2D eigenvalue weighted by Crippen LogP contribution is 2.49. The standard InChI is InChI=1S/C14H24N4O2/c1-4-20-10-9-14(15,13(10,2)3)12(19)18-6-5-11-16-7-8-17-11/h7-8,10H,4-6,9,15H2,1-3H3,(H,16,17)(H,18,19). The molecule has 0 aromatic carbocycles. The van der Waals surface area contributed by atoms with Gasteiger partial charge in [0.1, 0.15) is 11.4 Å². The van der Waals surface area contributed by atoms with Crippen LogP contribution in [0.25, 0.3) is 0 Å². The Labute approximate surface area is 119 Å². The summed E-state index contributed by atoms with van der Waals surface area (Å²) in [6.45, 7) is 7.10. The summed E-state index contributed by atoms with van der Waals surface area (Å²) in [5, 5.41) is 2.90. The minimum absolute atomic E-state index is 0.0494. The first-order valence-electron chi connectivity index (χ1n) is 7.09. The predicted molar refractivity (Wildman–Crippen MR) is 76.0 cm³/mol. The zero-order valence-corrected chi connectivity index (χ0v) is 12.4. The zero-order chi connectivity index (χ0) is 14.8. The number of nitrogens with two attached hydrogens (primary N) is 1. The lowest BCUT2D eigenvalue weighted by atomic mass is 9.54. The van der Waals surface area contributed by atoms with Gasteiger partial charge in [0, 0.05) is 43.8 Å². The molecular weight excluding hydrogens is 256 g/mol. The second-order valence-corrected chi connectivity index (χ2v) is 5.88. The van der Waals surface area contributed by atoms with E-state index in [1.165, 1.54) is 0 Å². The second kappa shape index (κ2) is 5.54. The number of amides is 1. The van der Waals surface area contributed by atoms with Gasteiger partial charge in [-0.15, -0.1) is 0 Å². The molecule has 2 unspecified atom stereocenters. The van der Waals surface area contributed by atoms with Crippen LogP contribution in [-0.4, -0.2) is 40.7 Å².